The minimum Gasteiger partial charge on any atom is -0.266 e. The average Bonchev–Trinajstić information content (AvgIpc) is 3.49. The molecule has 2 heterocycles. The zero-order valence-electron chi connectivity index (χ0n) is 18.9. The van der Waals surface area contributed by atoms with Crippen molar-refractivity contribution in [2.24, 2.45) is 10.1 Å². The number of carbonyl (C=O) groups excluding carboxylic acids is 1. The van der Waals surface area contributed by atoms with Crippen LogP contribution < -0.4 is 0 Å². The van der Waals surface area contributed by atoms with Crippen molar-refractivity contribution in [3.8, 4) is 0 Å². The molecule has 4 aromatic carbocycles. The van der Waals surface area contributed by atoms with Gasteiger partial charge in [0, 0.05) is 15.9 Å². The van der Waals surface area contributed by atoms with Crippen molar-refractivity contribution >= 4 is 72.9 Å². The number of amides is 1. The van der Waals surface area contributed by atoms with E-state index < -0.39 is 0 Å². The molecule has 0 aromatic heterocycles. The average molecular weight is 573 g/mol. The number of thioether (sulfide) groups is 1. The van der Waals surface area contributed by atoms with Gasteiger partial charge in [0.2, 0.25) is 0 Å². The lowest BCUT2D eigenvalue weighted by atomic mass is 9.97. The second kappa shape index (κ2) is 9.69. The first-order valence-corrected chi connectivity index (χ1v) is 13.4. The predicted molar refractivity (Wildman–Crippen MR) is 153 cm³/mol. The summed E-state index contributed by atoms with van der Waals surface area (Å²) < 4.78 is 0.991. The molecule has 4 aromatic rings. The second-order valence-electron chi connectivity index (χ2n) is 8.59. The molecule has 176 valence electrons. The monoisotopic (exact) mass is 571 g/mol. The van der Waals surface area contributed by atoms with E-state index in [1.54, 1.807) is 0 Å². The van der Waals surface area contributed by atoms with Gasteiger partial charge >= 0.3 is 0 Å². The first-order valence-electron chi connectivity index (χ1n) is 11.4. The third kappa shape index (κ3) is 4.64. The van der Waals surface area contributed by atoms with Crippen molar-refractivity contribution in [2.75, 3.05) is 0 Å². The SMILES string of the molecule is O=C1N=C(N2N=C(c3ccc4ccccc4c3)CC2c2ccc(Cl)cc2)S/C1=C\c1ccc(Br)cc1. The number of nitrogens with zero attached hydrogens (tertiary/aromatic N) is 3. The zero-order chi connectivity index (χ0) is 24.6. The lowest BCUT2D eigenvalue weighted by Gasteiger charge is -2.22. The fourth-order valence-electron chi connectivity index (χ4n) is 4.38. The molecule has 1 amide bonds. The normalized spacial score (nSPS) is 18.7. The summed E-state index contributed by atoms with van der Waals surface area (Å²) in [7, 11) is 0. The molecule has 0 aliphatic carbocycles. The highest BCUT2D eigenvalue weighted by Gasteiger charge is 2.36. The van der Waals surface area contributed by atoms with Crippen molar-refractivity contribution in [1.29, 1.82) is 0 Å². The van der Waals surface area contributed by atoms with Gasteiger partial charge in [-0.2, -0.15) is 10.1 Å². The van der Waals surface area contributed by atoms with Crippen molar-refractivity contribution < 1.29 is 4.79 Å². The highest BCUT2D eigenvalue weighted by Crippen LogP contribution is 2.40. The van der Waals surface area contributed by atoms with Crippen LogP contribution in [-0.2, 0) is 4.79 Å². The van der Waals surface area contributed by atoms with Crippen molar-refractivity contribution in [1.82, 2.24) is 5.01 Å². The Morgan fingerprint density at radius 3 is 2.47 bits per heavy atom. The predicted octanol–water partition coefficient (Wildman–Crippen LogP) is 8.08. The van der Waals surface area contributed by atoms with Crippen LogP contribution in [0.15, 0.2) is 110 Å². The van der Waals surface area contributed by atoms with E-state index in [1.165, 1.54) is 22.5 Å². The van der Waals surface area contributed by atoms with Crippen LogP contribution in [0, 0.1) is 0 Å². The maximum Gasteiger partial charge on any atom is 0.286 e. The summed E-state index contributed by atoms with van der Waals surface area (Å²) in [5, 5.41) is 10.5. The van der Waals surface area contributed by atoms with Gasteiger partial charge in [-0.3, -0.25) is 4.79 Å². The van der Waals surface area contributed by atoms with Crippen molar-refractivity contribution in [3.05, 3.63) is 122 Å². The number of fused-ring (bicyclic) bond motifs is 1. The number of aliphatic imine (C=N–C) groups is 1. The number of benzene rings is 4. The van der Waals surface area contributed by atoms with Crippen LogP contribution in [0.25, 0.3) is 16.8 Å². The standard InChI is InChI=1S/C29H19BrClN3OS/c30-23-11-5-18(6-12-23)15-27-28(35)32-29(36-27)34-26(20-9-13-24(31)14-10-20)17-25(33-34)22-8-7-19-3-1-2-4-21(19)16-22/h1-16,26H,17H2/b27-15-. The van der Waals surface area contributed by atoms with E-state index >= 15 is 0 Å². The lowest BCUT2D eigenvalue weighted by molar-refractivity contribution is -0.113. The van der Waals surface area contributed by atoms with Gasteiger partial charge in [-0.05, 0) is 75.6 Å². The zero-order valence-corrected chi connectivity index (χ0v) is 22.1. The van der Waals surface area contributed by atoms with E-state index in [9.17, 15) is 4.79 Å². The van der Waals surface area contributed by atoms with Crippen LogP contribution >= 0.6 is 39.3 Å². The number of amidine groups is 1. The highest BCUT2D eigenvalue weighted by atomic mass is 79.9. The quantitative estimate of drug-likeness (QED) is 0.233. The van der Waals surface area contributed by atoms with Crippen LogP contribution in [0.4, 0.5) is 0 Å². The molecule has 0 spiro atoms. The molecule has 0 saturated heterocycles. The largest absolute Gasteiger partial charge is 0.286 e. The molecule has 0 saturated carbocycles. The smallest absolute Gasteiger partial charge is 0.266 e. The first kappa shape index (κ1) is 23.2. The molecular weight excluding hydrogens is 554 g/mol. The molecule has 1 unspecified atom stereocenters. The molecule has 1 atom stereocenters. The van der Waals surface area contributed by atoms with Gasteiger partial charge in [0.15, 0.2) is 5.17 Å². The molecule has 7 heteroatoms. The Morgan fingerprint density at radius 2 is 1.69 bits per heavy atom. The Labute approximate surface area is 226 Å². The van der Waals surface area contributed by atoms with Crippen LogP contribution in [0.5, 0.6) is 0 Å². The maximum absolute atomic E-state index is 12.8. The van der Waals surface area contributed by atoms with Crippen LogP contribution in [0.2, 0.25) is 5.02 Å². The van der Waals surface area contributed by atoms with Gasteiger partial charge in [0.05, 0.1) is 16.7 Å². The van der Waals surface area contributed by atoms with Gasteiger partial charge < -0.3 is 0 Å². The second-order valence-corrected chi connectivity index (χ2v) is 10.9. The van der Waals surface area contributed by atoms with E-state index in [0.29, 0.717) is 21.5 Å². The minimum absolute atomic E-state index is 0.0881. The third-order valence-corrected chi connectivity index (χ3v) is 7.97. The highest BCUT2D eigenvalue weighted by molar-refractivity contribution is 9.10. The van der Waals surface area contributed by atoms with Crippen LogP contribution in [0.1, 0.15) is 29.2 Å². The molecule has 4 nitrogen and oxygen atoms in total. The summed E-state index contributed by atoms with van der Waals surface area (Å²) in [6.07, 6.45) is 2.57. The molecule has 0 radical (unpaired) electrons. The Bertz CT molecular complexity index is 1580. The molecule has 0 bridgehead atoms. The van der Waals surface area contributed by atoms with E-state index in [4.69, 9.17) is 16.7 Å². The van der Waals surface area contributed by atoms with Gasteiger partial charge in [-0.25, -0.2) is 5.01 Å². The Morgan fingerprint density at radius 1 is 0.944 bits per heavy atom. The summed E-state index contributed by atoms with van der Waals surface area (Å²) in [6.45, 7) is 0. The first-order chi connectivity index (χ1) is 17.5. The molecule has 6 rings (SSSR count). The molecule has 0 N–H and O–H groups in total. The molecule has 36 heavy (non-hydrogen) atoms. The number of halogens is 2. The van der Waals surface area contributed by atoms with E-state index in [0.717, 1.165) is 26.9 Å². The molecule has 0 fully saturated rings. The number of hydrogen-bond donors (Lipinski definition) is 0. The fraction of sp³-hybridized carbons (Fsp3) is 0.0690. The Hall–Kier alpha value is -3.19. The van der Waals surface area contributed by atoms with E-state index in [-0.39, 0.29) is 11.9 Å². The van der Waals surface area contributed by atoms with Gasteiger partial charge in [-0.1, -0.05) is 88.2 Å². The number of carbonyl (C=O) groups is 1. The van der Waals surface area contributed by atoms with Crippen molar-refractivity contribution in [2.45, 2.75) is 12.5 Å². The van der Waals surface area contributed by atoms with E-state index in [1.807, 2.05) is 71.7 Å². The van der Waals surface area contributed by atoms with Gasteiger partial charge in [0.1, 0.15) is 0 Å². The number of hydrogen-bond acceptors (Lipinski definition) is 4. The topological polar surface area (TPSA) is 45.0 Å². The molecular formula is C29H19BrClN3OS. The number of hydrazone groups is 1. The van der Waals surface area contributed by atoms with Crippen molar-refractivity contribution in [3.63, 3.8) is 0 Å². The van der Waals surface area contributed by atoms with Gasteiger partial charge in [0.25, 0.3) is 5.91 Å². The minimum atomic E-state index is -0.248. The Kier molecular flexibility index (Phi) is 6.25. The lowest BCUT2D eigenvalue weighted by Crippen LogP contribution is -2.23. The third-order valence-electron chi connectivity index (χ3n) is 6.22. The van der Waals surface area contributed by atoms with Crippen LogP contribution in [0.3, 0.4) is 0 Å². The Balaban J connectivity index is 1.36. The van der Waals surface area contributed by atoms with Gasteiger partial charge in [-0.15, -0.1) is 0 Å². The fourth-order valence-corrected chi connectivity index (χ4v) is 5.69. The summed E-state index contributed by atoms with van der Waals surface area (Å²) >= 11 is 11.0. The molecule has 2 aliphatic heterocycles. The van der Waals surface area contributed by atoms with Crippen LogP contribution in [-0.4, -0.2) is 21.8 Å². The summed E-state index contributed by atoms with van der Waals surface area (Å²) in [4.78, 5) is 17.8. The maximum atomic E-state index is 12.8. The summed E-state index contributed by atoms with van der Waals surface area (Å²) in [5.41, 5.74) is 4.04. The number of rotatable bonds is 3. The summed E-state index contributed by atoms with van der Waals surface area (Å²) in [6, 6.07) is 30.2. The summed E-state index contributed by atoms with van der Waals surface area (Å²) in [5.74, 6) is -0.248. The molecule has 2 aliphatic rings. The van der Waals surface area contributed by atoms with E-state index in [2.05, 4.69) is 51.3 Å².